The van der Waals surface area contributed by atoms with Crippen molar-refractivity contribution in [1.29, 1.82) is 0 Å². The van der Waals surface area contributed by atoms with Gasteiger partial charge in [-0.1, -0.05) is 107 Å². The van der Waals surface area contributed by atoms with Crippen molar-refractivity contribution in [1.82, 2.24) is 19.4 Å². The van der Waals surface area contributed by atoms with Crippen molar-refractivity contribution >= 4 is 33.3 Å². The van der Waals surface area contributed by atoms with Crippen LogP contribution in [-0.2, 0) is 32.9 Å². The third-order valence-electron chi connectivity index (χ3n) is 13.0. The van der Waals surface area contributed by atoms with Crippen LogP contribution in [0.2, 0.25) is 0 Å². The number of imidazole rings is 1. The van der Waals surface area contributed by atoms with E-state index in [1.165, 1.54) is 33.5 Å². The number of rotatable bonds is 18. The van der Waals surface area contributed by atoms with Gasteiger partial charge in [0.1, 0.15) is 5.58 Å². The molecule has 0 unspecified atom stereocenters. The van der Waals surface area contributed by atoms with Gasteiger partial charge in [-0.05, 0) is 116 Å². The summed E-state index contributed by atoms with van der Waals surface area (Å²) < 4.78 is 8.62. The summed E-state index contributed by atoms with van der Waals surface area (Å²) in [7, 11) is 0. The minimum atomic E-state index is 0. The van der Waals surface area contributed by atoms with Crippen LogP contribution in [0.1, 0.15) is 94.0 Å². The molecular weight excluding hydrogens is 1010 g/mol. The molecule has 8 heteroatoms. The summed E-state index contributed by atoms with van der Waals surface area (Å²) in [5.41, 5.74) is 13.7. The third-order valence-corrected chi connectivity index (χ3v) is 13.0. The number of aromatic nitrogens is 2. The first kappa shape index (κ1) is 46.8. The predicted octanol–water partition coefficient (Wildman–Crippen LogP) is 14.6. The molecule has 0 spiro atoms. The number of hydrogen-bond donors (Lipinski definition) is 0. The van der Waals surface area contributed by atoms with Crippen molar-refractivity contribution in [3.05, 3.63) is 206 Å². The van der Waals surface area contributed by atoms with Gasteiger partial charge in [0.15, 0.2) is 0 Å². The van der Waals surface area contributed by atoms with Crippen molar-refractivity contribution in [3.8, 4) is 28.2 Å². The second-order valence-electron chi connectivity index (χ2n) is 18.5. The van der Waals surface area contributed by atoms with Crippen LogP contribution in [0, 0.1) is 31.5 Å². The van der Waals surface area contributed by atoms with Gasteiger partial charge in [-0.3, -0.25) is 4.98 Å². The van der Waals surface area contributed by atoms with Crippen LogP contribution in [0.5, 0.6) is 0 Å². The molecule has 2 aliphatic rings. The van der Waals surface area contributed by atoms with Gasteiger partial charge in [0.05, 0.1) is 5.82 Å². The molecular formula is C60H59IrN6O-5. The van der Waals surface area contributed by atoms with E-state index < -0.39 is 0 Å². The first-order valence-corrected chi connectivity index (χ1v) is 24.1. The molecule has 7 nitrogen and oxygen atoms in total. The van der Waals surface area contributed by atoms with Crippen LogP contribution in [0.25, 0.3) is 50.1 Å². The summed E-state index contributed by atoms with van der Waals surface area (Å²) in [4.78, 5) is 14.1. The molecule has 8 aromatic rings. The number of unbranched alkanes of at least 4 members (excludes halogenated alkanes) is 3. The van der Waals surface area contributed by atoms with Gasteiger partial charge in [0, 0.05) is 48.7 Å². The number of nitrogens with zero attached hydrogens (tertiary/aromatic N) is 6. The molecule has 0 fully saturated rings. The number of aryl methyl sites for hydroxylation is 2. The second kappa shape index (κ2) is 21.3. The van der Waals surface area contributed by atoms with Crippen molar-refractivity contribution < 1.29 is 24.5 Å². The number of hydrogen-bond acceptors (Lipinski definition) is 6. The Bertz CT molecular complexity index is 2960. The van der Waals surface area contributed by atoms with Crippen molar-refractivity contribution in [2.24, 2.45) is 0 Å². The quantitative estimate of drug-likeness (QED) is 0.0630. The van der Waals surface area contributed by atoms with E-state index in [2.05, 4.69) is 205 Å². The van der Waals surface area contributed by atoms with E-state index in [4.69, 9.17) is 9.40 Å². The summed E-state index contributed by atoms with van der Waals surface area (Å²) in [5.74, 6) is 1.64. The molecule has 0 aliphatic carbocycles. The van der Waals surface area contributed by atoms with Gasteiger partial charge in [-0.2, -0.15) is 55.3 Å². The van der Waals surface area contributed by atoms with Crippen LogP contribution in [-0.4, -0.2) is 32.4 Å². The fourth-order valence-corrected chi connectivity index (χ4v) is 9.44. The van der Waals surface area contributed by atoms with E-state index in [0.717, 1.165) is 108 Å². The molecule has 0 saturated carbocycles. The van der Waals surface area contributed by atoms with Crippen LogP contribution in [0.15, 0.2) is 157 Å². The van der Waals surface area contributed by atoms with Crippen LogP contribution >= 0.6 is 0 Å². The minimum absolute atomic E-state index is 0. The van der Waals surface area contributed by atoms with Gasteiger partial charge in [-0.25, -0.2) is 0 Å². The van der Waals surface area contributed by atoms with Crippen molar-refractivity contribution in [2.75, 3.05) is 22.9 Å². The Morgan fingerprint density at radius 3 is 2.04 bits per heavy atom. The Kier molecular flexibility index (Phi) is 14.7. The second-order valence-corrected chi connectivity index (χ2v) is 18.5. The number of furan rings is 1. The molecule has 4 heterocycles. The van der Waals surface area contributed by atoms with Crippen LogP contribution in [0.4, 0.5) is 11.4 Å². The van der Waals surface area contributed by atoms with Crippen LogP contribution in [0.3, 0.4) is 0 Å². The topological polar surface area (TPSA) is 43.9 Å². The molecule has 2 aromatic heterocycles. The molecule has 0 N–H and O–H groups in total. The maximum Gasteiger partial charge on any atom is 0.116 e. The van der Waals surface area contributed by atoms with Gasteiger partial charge < -0.3 is 28.6 Å². The summed E-state index contributed by atoms with van der Waals surface area (Å²) >= 11 is 0. The Morgan fingerprint density at radius 1 is 0.618 bits per heavy atom. The zero-order chi connectivity index (χ0) is 45.7. The van der Waals surface area contributed by atoms with Crippen LogP contribution < -0.4 is 9.80 Å². The average Bonchev–Trinajstić information content (AvgIpc) is 4.20. The Balaban J connectivity index is 0.00000578. The number of anilines is 2. The maximum atomic E-state index is 6.25. The molecule has 10 rings (SSSR count). The maximum absolute atomic E-state index is 6.25. The third kappa shape index (κ3) is 10.2. The minimum Gasteiger partial charge on any atom is -0.514 e. The van der Waals surface area contributed by atoms with E-state index in [-0.39, 0.29) is 20.1 Å². The SMILES string of the molecule is CC(C)c1cc(-c2ccccc2)cc(C(C)C)c1-n1cc(CCCCCc2c[c-]c(N3C=CN(CCCCN4C=CN(c5[c-]ccc6c5oc5ccccc56)[CH-]4)[CH-]3)cc2)nc1-c1[c-]cccc1.[Ir]. The number of fused-ring (bicyclic) bond motifs is 3. The Labute approximate surface area is 416 Å². The summed E-state index contributed by atoms with van der Waals surface area (Å²) in [5, 5.41) is 2.25. The Morgan fingerprint density at radius 2 is 1.32 bits per heavy atom. The fraction of sp³-hybridized carbons (Fsp3) is 0.250. The van der Waals surface area contributed by atoms with E-state index in [1.54, 1.807) is 0 Å². The molecule has 1 radical (unpaired) electrons. The molecule has 2 aliphatic heterocycles. The predicted molar refractivity (Wildman–Crippen MR) is 275 cm³/mol. The van der Waals surface area contributed by atoms with Gasteiger partial charge in [-0.15, -0.1) is 47.6 Å². The summed E-state index contributed by atoms with van der Waals surface area (Å²) in [6.07, 6.45) is 18.3. The molecule has 0 amide bonds. The normalized spacial score (nSPS) is 13.6. The van der Waals surface area contributed by atoms with E-state index >= 15 is 0 Å². The molecule has 6 aromatic carbocycles. The number of benzene rings is 6. The molecule has 68 heavy (non-hydrogen) atoms. The van der Waals surface area contributed by atoms with Crippen molar-refractivity contribution in [2.45, 2.75) is 84.5 Å². The van der Waals surface area contributed by atoms with Gasteiger partial charge in [0.2, 0.25) is 0 Å². The molecule has 0 saturated heterocycles. The zero-order valence-electron chi connectivity index (χ0n) is 39.5. The van der Waals surface area contributed by atoms with Gasteiger partial charge in [0.25, 0.3) is 0 Å². The smallest absolute Gasteiger partial charge is 0.116 e. The van der Waals surface area contributed by atoms with Crippen molar-refractivity contribution in [3.63, 3.8) is 0 Å². The first-order chi connectivity index (χ1) is 32.9. The summed E-state index contributed by atoms with van der Waals surface area (Å²) in [6, 6.07) is 53.1. The van der Waals surface area contributed by atoms with Gasteiger partial charge >= 0.3 is 0 Å². The fourth-order valence-electron chi connectivity index (χ4n) is 9.44. The van der Waals surface area contributed by atoms with E-state index in [1.807, 2.05) is 30.3 Å². The summed E-state index contributed by atoms with van der Waals surface area (Å²) in [6.45, 7) is 15.4. The zero-order valence-corrected chi connectivity index (χ0v) is 41.9. The van der Waals surface area contributed by atoms with E-state index in [9.17, 15) is 0 Å². The average molecular weight is 1070 g/mol. The monoisotopic (exact) mass is 1070 g/mol. The molecule has 0 atom stereocenters. The standard InChI is InChI=1S/C60H59N6O.Ir/c1-44(2)54-39-49(47-20-9-6-10-21-47)40-55(45(3)4)58(54)66-41-50(61-60(66)48-22-11-7-12-23-48)24-13-5-8-19-46-29-31-51(32-30-46)64-37-35-62(42-64)33-16-17-34-63-36-38-65(43-63)56-27-18-26-53-52-25-14-15-28-57(52)67-59(53)56;/h6-7,9-12,14-15,18,20-22,25-26,28-31,35-45H,5,8,13,16-17,19,24,33-34H2,1-4H3;/q-5;. The number of para-hydroxylation sites is 1. The Hall–Kier alpha value is -6.34. The largest absolute Gasteiger partial charge is 0.514 e. The molecule has 349 valence electrons. The first-order valence-electron chi connectivity index (χ1n) is 24.1. The molecule has 0 bridgehead atoms. The van der Waals surface area contributed by atoms with E-state index in [0.29, 0.717) is 11.8 Å².